The van der Waals surface area contributed by atoms with E-state index in [1.54, 1.807) is 6.07 Å². The lowest BCUT2D eigenvalue weighted by molar-refractivity contribution is 0.517. The van der Waals surface area contributed by atoms with Crippen LogP contribution in [0.15, 0.2) is 16.6 Å². The summed E-state index contributed by atoms with van der Waals surface area (Å²) in [6.07, 6.45) is 2.30. The summed E-state index contributed by atoms with van der Waals surface area (Å²) in [5.41, 5.74) is 7.53. The van der Waals surface area contributed by atoms with Crippen molar-refractivity contribution in [3.05, 3.63) is 22.4 Å². The molecule has 1 aromatic carbocycles. The van der Waals surface area contributed by atoms with E-state index < -0.39 is 0 Å². The molecule has 1 aliphatic heterocycles. The molecule has 6 heteroatoms. The van der Waals surface area contributed by atoms with E-state index in [1.807, 2.05) is 16.3 Å². The van der Waals surface area contributed by atoms with Gasteiger partial charge >= 0.3 is 0 Å². The first-order valence-electron chi connectivity index (χ1n) is 5.87. The molecule has 2 N–H and O–H groups in total. The molecule has 3 nitrogen and oxygen atoms in total. The van der Waals surface area contributed by atoms with Crippen molar-refractivity contribution >= 4 is 44.7 Å². The Bertz CT molecular complexity index is 593. The Labute approximate surface area is 117 Å². The van der Waals surface area contributed by atoms with E-state index in [4.69, 9.17) is 5.73 Å². The summed E-state index contributed by atoms with van der Waals surface area (Å²) in [7, 11) is 0. The molecule has 96 valence electrons. The molecule has 18 heavy (non-hydrogen) atoms. The number of imidazole rings is 1. The lowest BCUT2D eigenvalue weighted by Gasteiger charge is -2.24. The third-order valence-electron chi connectivity index (χ3n) is 3.26. The van der Waals surface area contributed by atoms with E-state index in [0.717, 1.165) is 17.7 Å². The molecule has 1 saturated heterocycles. The highest BCUT2D eigenvalue weighted by Crippen LogP contribution is 2.33. The van der Waals surface area contributed by atoms with Gasteiger partial charge in [-0.05, 0) is 40.6 Å². The van der Waals surface area contributed by atoms with Crippen molar-refractivity contribution < 1.29 is 4.39 Å². The summed E-state index contributed by atoms with van der Waals surface area (Å²) in [5, 5.41) is 0. The monoisotopic (exact) mass is 329 g/mol. The minimum absolute atomic E-state index is 0.301. The Hall–Kier alpha value is -0.750. The average Bonchev–Trinajstić information content (AvgIpc) is 2.66. The topological polar surface area (TPSA) is 43.8 Å². The molecule has 1 fully saturated rings. The predicted molar refractivity (Wildman–Crippen MR) is 77.4 cm³/mol. The molecule has 0 saturated carbocycles. The molecule has 1 aromatic heterocycles. The third kappa shape index (κ3) is 2.01. The highest BCUT2D eigenvalue weighted by atomic mass is 79.9. The molecular weight excluding hydrogens is 317 g/mol. The fraction of sp³-hybridized carbons (Fsp3) is 0.417. The van der Waals surface area contributed by atoms with Crippen LogP contribution in [0.5, 0.6) is 0 Å². The van der Waals surface area contributed by atoms with Crippen LogP contribution in [-0.2, 0) is 0 Å². The Balaban J connectivity index is 2.15. The molecule has 1 aliphatic rings. The van der Waals surface area contributed by atoms with Crippen LogP contribution in [-0.4, -0.2) is 21.1 Å². The van der Waals surface area contributed by atoms with Gasteiger partial charge in [-0.2, -0.15) is 11.8 Å². The van der Waals surface area contributed by atoms with Gasteiger partial charge in [-0.25, -0.2) is 9.37 Å². The van der Waals surface area contributed by atoms with Crippen LogP contribution in [0.3, 0.4) is 0 Å². The lowest BCUT2D eigenvalue weighted by Crippen LogP contribution is -2.17. The first-order valence-corrected chi connectivity index (χ1v) is 7.82. The van der Waals surface area contributed by atoms with Crippen LogP contribution in [0, 0.1) is 5.82 Å². The van der Waals surface area contributed by atoms with Crippen LogP contribution < -0.4 is 5.73 Å². The van der Waals surface area contributed by atoms with Gasteiger partial charge < -0.3 is 10.3 Å². The maximum absolute atomic E-state index is 13.5. The van der Waals surface area contributed by atoms with Gasteiger partial charge in [0.25, 0.3) is 0 Å². The zero-order valence-corrected chi connectivity index (χ0v) is 12.1. The smallest absolute Gasteiger partial charge is 0.201 e. The van der Waals surface area contributed by atoms with E-state index in [1.165, 1.54) is 18.2 Å². The summed E-state index contributed by atoms with van der Waals surface area (Å²) >= 11 is 5.16. The zero-order chi connectivity index (χ0) is 12.7. The van der Waals surface area contributed by atoms with Crippen LogP contribution in [0.4, 0.5) is 10.3 Å². The van der Waals surface area contributed by atoms with Gasteiger partial charge in [-0.15, -0.1) is 0 Å². The minimum Gasteiger partial charge on any atom is -0.369 e. The molecule has 0 radical (unpaired) electrons. The number of halogens is 2. The predicted octanol–water partition coefficient (Wildman–Crippen LogP) is 3.59. The fourth-order valence-electron chi connectivity index (χ4n) is 2.42. The Morgan fingerprint density at radius 3 is 3.06 bits per heavy atom. The van der Waals surface area contributed by atoms with Gasteiger partial charge in [0.2, 0.25) is 5.95 Å². The number of hydrogen-bond donors (Lipinski definition) is 1. The van der Waals surface area contributed by atoms with E-state index in [9.17, 15) is 4.39 Å². The molecule has 0 amide bonds. The first kappa shape index (κ1) is 12.3. The van der Waals surface area contributed by atoms with Crippen molar-refractivity contribution in [2.75, 3.05) is 17.2 Å². The van der Waals surface area contributed by atoms with E-state index in [-0.39, 0.29) is 5.82 Å². The molecule has 2 aromatic rings. The number of rotatable bonds is 1. The minimum atomic E-state index is -0.301. The lowest BCUT2D eigenvalue weighted by atomic mass is 10.1. The highest BCUT2D eigenvalue weighted by molar-refractivity contribution is 9.10. The molecular formula is C12H13BrFN3S. The normalized spacial score (nSPS) is 20.4. The summed E-state index contributed by atoms with van der Waals surface area (Å²) in [5.74, 6) is 2.44. The molecule has 1 unspecified atom stereocenters. The number of thioether (sulfide) groups is 1. The summed E-state index contributed by atoms with van der Waals surface area (Å²) in [4.78, 5) is 4.26. The van der Waals surface area contributed by atoms with Gasteiger partial charge in [0.15, 0.2) is 0 Å². The van der Waals surface area contributed by atoms with Crippen molar-refractivity contribution in [1.29, 1.82) is 0 Å². The molecule has 0 bridgehead atoms. The van der Waals surface area contributed by atoms with E-state index >= 15 is 0 Å². The third-order valence-corrected chi connectivity index (χ3v) is 5.07. The van der Waals surface area contributed by atoms with E-state index in [0.29, 0.717) is 22.0 Å². The number of nitrogens with zero attached hydrogens (tertiary/aromatic N) is 2. The van der Waals surface area contributed by atoms with E-state index in [2.05, 4.69) is 20.9 Å². The van der Waals surface area contributed by atoms with Gasteiger partial charge in [0, 0.05) is 17.9 Å². The second-order valence-corrected chi connectivity index (χ2v) is 6.47. The van der Waals surface area contributed by atoms with Crippen LogP contribution in [0.1, 0.15) is 18.9 Å². The maximum Gasteiger partial charge on any atom is 0.201 e. The van der Waals surface area contributed by atoms with Crippen molar-refractivity contribution in [1.82, 2.24) is 9.55 Å². The summed E-state index contributed by atoms with van der Waals surface area (Å²) < 4.78 is 16.0. The fourth-order valence-corrected chi connectivity index (χ4v) is 3.88. The maximum atomic E-state index is 13.5. The average molecular weight is 330 g/mol. The first-order chi connectivity index (χ1) is 8.66. The second-order valence-electron chi connectivity index (χ2n) is 4.47. The number of nitrogens with two attached hydrogens (primary N) is 1. The van der Waals surface area contributed by atoms with Crippen LogP contribution in [0.2, 0.25) is 0 Å². The van der Waals surface area contributed by atoms with Crippen LogP contribution in [0.25, 0.3) is 11.0 Å². The Kier molecular flexibility index (Phi) is 3.23. The summed E-state index contributed by atoms with van der Waals surface area (Å²) in [6, 6.07) is 3.57. The van der Waals surface area contributed by atoms with Crippen molar-refractivity contribution in [3.63, 3.8) is 0 Å². The van der Waals surface area contributed by atoms with Crippen LogP contribution >= 0.6 is 27.7 Å². The second kappa shape index (κ2) is 4.74. The standard InChI is InChI=1S/C12H13BrFN3S/c13-8-4-11-10(5-9(8)14)16-12(15)17(11)7-2-1-3-18-6-7/h4-5,7H,1-3,6H2,(H2,15,16). The number of benzene rings is 1. The quantitative estimate of drug-likeness (QED) is 0.869. The Morgan fingerprint density at radius 1 is 1.50 bits per heavy atom. The zero-order valence-electron chi connectivity index (χ0n) is 9.70. The van der Waals surface area contributed by atoms with Gasteiger partial charge in [0.05, 0.1) is 15.5 Å². The largest absolute Gasteiger partial charge is 0.369 e. The molecule has 2 heterocycles. The van der Waals surface area contributed by atoms with Crippen molar-refractivity contribution in [2.24, 2.45) is 0 Å². The molecule has 0 aliphatic carbocycles. The number of aromatic nitrogens is 2. The molecule has 0 spiro atoms. The number of anilines is 1. The molecule has 1 atom stereocenters. The van der Waals surface area contributed by atoms with Crippen molar-refractivity contribution in [2.45, 2.75) is 18.9 Å². The number of hydrogen-bond acceptors (Lipinski definition) is 3. The Morgan fingerprint density at radius 2 is 2.33 bits per heavy atom. The summed E-state index contributed by atoms with van der Waals surface area (Å²) in [6.45, 7) is 0. The van der Waals surface area contributed by atoms with Gasteiger partial charge in [-0.3, -0.25) is 0 Å². The number of fused-ring (bicyclic) bond motifs is 1. The SMILES string of the molecule is Nc1nc2cc(F)c(Br)cc2n1C1CCCSC1. The van der Waals surface area contributed by atoms with Gasteiger partial charge in [0.1, 0.15) is 5.82 Å². The van der Waals surface area contributed by atoms with Gasteiger partial charge in [-0.1, -0.05) is 0 Å². The number of nitrogen functional groups attached to an aromatic ring is 1. The van der Waals surface area contributed by atoms with Crippen molar-refractivity contribution in [3.8, 4) is 0 Å². The highest BCUT2D eigenvalue weighted by Gasteiger charge is 2.21. The molecule has 3 rings (SSSR count).